The van der Waals surface area contributed by atoms with E-state index in [-0.39, 0.29) is 5.82 Å². The van der Waals surface area contributed by atoms with Gasteiger partial charge in [-0.05, 0) is 43.1 Å². The number of hydrogen-bond donors (Lipinski definition) is 1. The Hall–Kier alpha value is -0.540. The Labute approximate surface area is 121 Å². The van der Waals surface area contributed by atoms with E-state index < -0.39 is 0 Å². The fourth-order valence-corrected chi connectivity index (χ4v) is 3.36. The molecule has 108 valence electrons. The van der Waals surface area contributed by atoms with Crippen LogP contribution >= 0.6 is 11.8 Å². The van der Waals surface area contributed by atoms with Gasteiger partial charge in [-0.1, -0.05) is 33.6 Å². The Morgan fingerprint density at radius 3 is 2.26 bits per heavy atom. The van der Waals surface area contributed by atoms with E-state index in [1.165, 1.54) is 25.0 Å². The van der Waals surface area contributed by atoms with Crippen molar-refractivity contribution in [3.63, 3.8) is 0 Å². The second kappa shape index (κ2) is 9.38. The number of thioether (sulfide) groups is 1. The lowest BCUT2D eigenvalue weighted by Crippen LogP contribution is -2.38. The molecule has 0 aliphatic heterocycles. The molecule has 0 spiro atoms. The topological polar surface area (TPSA) is 12.0 Å². The first-order valence-electron chi connectivity index (χ1n) is 7.32. The third-order valence-corrected chi connectivity index (χ3v) is 4.65. The van der Waals surface area contributed by atoms with E-state index in [0.29, 0.717) is 6.04 Å². The van der Waals surface area contributed by atoms with Crippen molar-refractivity contribution in [2.24, 2.45) is 5.92 Å². The molecule has 1 aromatic rings. The Balaban J connectivity index is 2.53. The van der Waals surface area contributed by atoms with Crippen molar-refractivity contribution >= 4 is 11.8 Å². The van der Waals surface area contributed by atoms with Gasteiger partial charge in [-0.15, -0.1) is 11.8 Å². The fourth-order valence-electron chi connectivity index (χ4n) is 2.27. The van der Waals surface area contributed by atoms with E-state index in [2.05, 4.69) is 26.1 Å². The highest BCUT2D eigenvalue weighted by atomic mass is 32.2. The molecule has 0 bridgehead atoms. The van der Waals surface area contributed by atoms with Crippen LogP contribution in [0.25, 0.3) is 0 Å². The van der Waals surface area contributed by atoms with Gasteiger partial charge in [-0.3, -0.25) is 0 Å². The summed E-state index contributed by atoms with van der Waals surface area (Å²) < 4.78 is 12.9. The molecule has 0 fully saturated rings. The van der Waals surface area contributed by atoms with E-state index >= 15 is 0 Å². The van der Waals surface area contributed by atoms with Gasteiger partial charge in [-0.25, -0.2) is 4.39 Å². The second-order valence-electron chi connectivity index (χ2n) is 4.90. The molecule has 19 heavy (non-hydrogen) atoms. The molecule has 0 heterocycles. The van der Waals surface area contributed by atoms with Gasteiger partial charge < -0.3 is 5.32 Å². The summed E-state index contributed by atoms with van der Waals surface area (Å²) in [6, 6.07) is 7.35. The zero-order valence-electron chi connectivity index (χ0n) is 12.3. The van der Waals surface area contributed by atoms with E-state index in [9.17, 15) is 4.39 Å². The van der Waals surface area contributed by atoms with Crippen LogP contribution in [0.2, 0.25) is 0 Å². The van der Waals surface area contributed by atoms with Crippen LogP contribution in [-0.2, 0) is 0 Å². The van der Waals surface area contributed by atoms with Crippen molar-refractivity contribution < 1.29 is 4.39 Å². The van der Waals surface area contributed by atoms with Gasteiger partial charge >= 0.3 is 0 Å². The van der Waals surface area contributed by atoms with Crippen molar-refractivity contribution in [3.05, 3.63) is 30.1 Å². The van der Waals surface area contributed by atoms with Crippen LogP contribution in [0, 0.1) is 11.7 Å². The van der Waals surface area contributed by atoms with Crippen molar-refractivity contribution in [1.82, 2.24) is 5.32 Å². The number of rotatable bonds is 9. The molecule has 0 amide bonds. The summed E-state index contributed by atoms with van der Waals surface area (Å²) in [7, 11) is 0. The van der Waals surface area contributed by atoms with Gasteiger partial charge in [0.25, 0.3) is 0 Å². The SMILES string of the molecule is CCCNC(CSc1ccc(F)cc1)C(CC)CC. The smallest absolute Gasteiger partial charge is 0.123 e. The van der Waals surface area contributed by atoms with Crippen molar-refractivity contribution in [3.8, 4) is 0 Å². The van der Waals surface area contributed by atoms with Crippen molar-refractivity contribution in [2.45, 2.75) is 51.0 Å². The molecule has 1 nitrogen and oxygen atoms in total. The molecule has 3 heteroatoms. The number of nitrogens with one attached hydrogen (secondary N) is 1. The monoisotopic (exact) mass is 283 g/mol. The van der Waals surface area contributed by atoms with E-state index in [0.717, 1.165) is 29.5 Å². The maximum atomic E-state index is 12.9. The van der Waals surface area contributed by atoms with Gasteiger partial charge in [-0.2, -0.15) is 0 Å². The number of hydrogen-bond acceptors (Lipinski definition) is 2. The molecule has 0 aliphatic rings. The van der Waals surface area contributed by atoms with Gasteiger partial charge in [0.15, 0.2) is 0 Å². The fraction of sp³-hybridized carbons (Fsp3) is 0.625. The second-order valence-corrected chi connectivity index (χ2v) is 6.00. The largest absolute Gasteiger partial charge is 0.313 e. The maximum Gasteiger partial charge on any atom is 0.123 e. The van der Waals surface area contributed by atoms with Crippen LogP contribution in [0.3, 0.4) is 0 Å². The molecule has 0 aromatic heterocycles. The van der Waals surface area contributed by atoms with Crippen molar-refractivity contribution in [1.29, 1.82) is 0 Å². The Morgan fingerprint density at radius 2 is 1.74 bits per heavy atom. The Morgan fingerprint density at radius 1 is 1.11 bits per heavy atom. The first kappa shape index (κ1) is 16.5. The lowest BCUT2D eigenvalue weighted by atomic mass is 9.95. The lowest BCUT2D eigenvalue weighted by molar-refractivity contribution is 0.360. The van der Waals surface area contributed by atoms with E-state index in [1.54, 1.807) is 0 Å². The molecule has 1 atom stereocenters. The summed E-state index contributed by atoms with van der Waals surface area (Å²) in [5.74, 6) is 1.61. The van der Waals surface area contributed by atoms with E-state index in [1.807, 2.05) is 23.9 Å². The predicted molar refractivity (Wildman–Crippen MR) is 83.3 cm³/mol. The summed E-state index contributed by atoms with van der Waals surface area (Å²) in [5, 5.41) is 3.66. The minimum Gasteiger partial charge on any atom is -0.313 e. The molecule has 0 saturated heterocycles. The van der Waals surface area contributed by atoms with Crippen LogP contribution in [0.15, 0.2) is 29.2 Å². The molecule has 1 aromatic carbocycles. The highest BCUT2D eigenvalue weighted by Crippen LogP contribution is 2.23. The minimum absolute atomic E-state index is 0.162. The Bertz CT molecular complexity index is 335. The first-order chi connectivity index (χ1) is 9.21. The maximum absolute atomic E-state index is 12.9. The standard InChI is InChI=1S/C16H26FNS/c1-4-11-18-16(13(5-2)6-3)12-19-15-9-7-14(17)8-10-15/h7-10,13,16,18H,4-6,11-12H2,1-3H3. The summed E-state index contributed by atoms with van der Waals surface area (Å²) in [6.45, 7) is 7.80. The molecule has 0 aliphatic carbocycles. The molecular weight excluding hydrogens is 257 g/mol. The van der Waals surface area contributed by atoms with Crippen LogP contribution in [0.5, 0.6) is 0 Å². The lowest BCUT2D eigenvalue weighted by Gasteiger charge is -2.26. The summed E-state index contributed by atoms with van der Waals surface area (Å²) in [6.07, 6.45) is 3.58. The number of halogens is 1. The molecule has 0 radical (unpaired) electrons. The molecule has 1 rings (SSSR count). The van der Waals surface area contributed by atoms with Crippen LogP contribution in [0.1, 0.15) is 40.0 Å². The van der Waals surface area contributed by atoms with Gasteiger partial charge in [0.05, 0.1) is 0 Å². The Kier molecular flexibility index (Phi) is 8.15. The molecule has 1 unspecified atom stereocenters. The van der Waals surface area contributed by atoms with Gasteiger partial charge in [0.1, 0.15) is 5.82 Å². The van der Waals surface area contributed by atoms with Crippen molar-refractivity contribution in [2.75, 3.05) is 12.3 Å². The molecular formula is C16H26FNS. The number of benzene rings is 1. The summed E-state index contributed by atoms with van der Waals surface area (Å²) in [4.78, 5) is 1.15. The van der Waals surface area contributed by atoms with Gasteiger partial charge in [0, 0.05) is 16.7 Å². The third-order valence-electron chi connectivity index (χ3n) is 3.52. The third kappa shape index (κ3) is 5.96. The highest BCUT2D eigenvalue weighted by Gasteiger charge is 2.17. The quantitative estimate of drug-likeness (QED) is 0.658. The predicted octanol–water partition coefficient (Wildman–Crippen LogP) is 4.72. The highest BCUT2D eigenvalue weighted by molar-refractivity contribution is 7.99. The minimum atomic E-state index is -0.162. The van der Waals surface area contributed by atoms with Crippen LogP contribution < -0.4 is 5.32 Å². The zero-order chi connectivity index (χ0) is 14.1. The first-order valence-corrected chi connectivity index (χ1v) is 8.31. The summed E-state index contributed by atoms with van der Waals surface area (Å²) >= 11 is 1.82. The van der Waals surface area contributed by atoms with Crippen LogP contribution in [-0.4, -0.2) is 18.3 Å². The molecule has 1 N–H and O–H groups in total. The normalized spacial score (nSPS) is 12.9. The van der Waals surface area contributed by atoms with Gasteiger partial charge in [0.2, 0.25) is 0 Å². The molecule has 0 saturated carbocycles. The average molecular weight is 283 g/mol. The average Bonchev–Trinajstić information content (AvgIpc) is 2.44. The zero-order valence-corrected chi connectivity index (χ0v) is 13.1. The summed E-state index contributed by atoms with van der Waals surface area (Å²) in [5.41, 5.74) is 0. The van der Waals surface area contributed by atoms with E-state index in [4.69, 9.17) is 0 Å². The van der Waals surface area contributed by atoms with Crippen LogP contribution in [0.4, 0.5) is 4.39 Å².